The fraction of sp³-hybridized carbons (Fsp3) is 0.364. The Kier molecular flexibility index (Phi) is 8.96. The zero-order chi connectivity index (χ0) is 19.9. The molecule has 0 heterocycles. The molecule has 1 aliphatic carbocycles. The van der Waals surface area contributed by atoms with Gasteiger partial charge >= 0.3 is 0 Å². The second-order valence-corrected chi connectivity index (χ2v) is 7.71. The van der Waals surface area contributed by atoms with Gasteiger partial charge in [0.2, 0.25) is 5.91 Å². The SMILES string of the molecule is Cl.NC1CCC(NC(=O)CC(NC(=O)c2ccccc2Cl)c2ccccc2)CC1. The zero-order valence-electron chi connectivity index (χ0n) is 16.1. The van der Waals surface area contributed by atoms with Gasteiger partial charge < -0.3 is 16.4 Å². The molecule has 5 nitrogen and oxygen atoms in total. The van der Waals surface area contributed by atoms with E-state index in [2.05, 4.69) is 10.6 Å². The maximum absolute atomic E-state index is 12.7. The molecule has 1 saturated carbocycles. The number of hydrogen-bond donors (Lipinski definition) is 3. The third kappa shape index (κ3) is 6.74. The van der Waals surface area contributed by atoms with Gasteiger partial charge in [0.25, 0.3) is 5.91 Å². The highest BCUT2D eigenvalue weighted by Gasteiger charge is 2.24. The summed E-state index contributed by atoms with van der Waals surface area (Å²) in [7, 11) is 0. The molecule has 0 aliphatic heterocycles. The van der Waals surface area contributed by atoms with Crippen molar-refractivity contribution in [1.29, 1.82) is 0 Å². The molecule has 3 rings (SSSR count). The molecule has 0 spiro atoms. The van der Waals surface area contributed by atoms with Crippen LogP contribution < -0.4 is 16.4 Å². The van der Waals surface area contributed by atoms with Crippen molar-refractivity contribution >= 4 is 35.8 Å². The van der Waals surface area contributed by atoms with Crippen LogP contribution in [0, 0.1) is 0 Å². The van der Waals surface area contributed by atoms with E-state index in [1.165, 1.54) is 0 Å². The number of nitrogens with one attached hydrogen (secondary N) is 2. The van der Waals surface area contributed by atoms with E-state index < -0.39 is 6.04 Å². The van der Waals surface area contributed by atoms with Crippen LogP contribution in [0.25, 0.3) is 0 Å². The van der Waals surface area contributed by atoms with Crippen LogP contribution in [0.1, 0.15) is 54.1 Å². The Balaban J connectivity index is 0.00000300. The maximum Gasteiger partial charge on any atom is 0.253 e. The zero-order valence-corrected chi connectivity index (χ0v) is 17.7. The van der Waals surface area contributed by atoms with Gasteiger partial charge in [0.15, 0.2) is 0 Å². The minimum absolute atomic E-state index is 0. The monoisotopic (exact) mass is 435 g/mol. The van der Waals surface area contributed by atoms with E-state index in [9.17, 15) is 9.59 Å². The molecule has 0 bridgehead atoms. The van der Waals surface area contributed by atoms with Crippen LogP contribution in [0.2, 0.25) is 5.02 Å². The van der Waals surface area contributed by atoms with Crippen molar-refractivity contribution in [2.45, 2.75) is 50.2 Å². The van der Waals surface area contributed by atoms with Crippen molar-refractivity contribution in [2.75, 3.05) is 0 Å². The lowest BCUT2D eigenvalue weighted by Crippen LogP contribution is -2.42. The lowest BCUT2D eigenvalue weighted by Gasteiger charge is -2.27. The molecule has 29 heavy (non-hydrogen) atoms. The van der Waals surface area contributed by atoms with E-state index in [0.29, 0.717) is 10.6 Å². The van der Waals surface area contributed by atoms with Gasteiger partial charge in [-0.25, -0.2) is 0 Å². The summed E-state index contributed by atoms with van der Waals surface area (Å²) in [6.07, 6.45) is 3.82. The predicted octanol–water partition coefficient (Wildman–Crippen LogP) is 4.01. The molecule has 0 aromatic heterocycles. The molecule has 2 amide bonds. The lowest BCUT2D eigenvalue weighted by molar-refractivity contribution is -0.122. The quantitative estimate of drug-likeness (QED) is 0.640. The van der Waals surface area contributed by atoms with E-state index in [1.54, 1.807) is 24.3 Å². The average Bonchev–Trinajstić information content (AvgIpc) is 2.70. The minimum atomic E-state index is -0.434. The maximum atomic E-state index is 12.7. The number of carbonyl (C=O) groups excluding carboxylic acids is 2. The number of nitrogens with two attached hydrogens (primary N) is 1. The van der Waals surface area contributed by atoms with E-state index >= 15 is 0 Å². The summed E-state index contributed by atoms with van der Waals surface area (Å²) in [6, 6.07) is 16.3. The summed E-state index contributed by atoms with van der Waals surface area (Å²) in [5, 5.41) is 6.44. The number of amides is 2. The minimum Gasteiger partial charge on any atom is -0.353 e. The highest BCUT2D eigenvalue weighted by atomic mass is 35.5. The average molecular weight is 436 g/mol. The van der Waals surface area contributed by atoms with Gasteiger partial charge in [-0.05, 0) is 43.4 Å². The van der Waals surface area contributed by atoms with E-state index in [1.807, 2.05) is 30.3 Å². The molecule has 7 heteroatoms. The Bertz CT molecular complexity index is 809. The first kappa shape index (κ1) is 23.2. The van der Waals surface area contributed by atoms with E-state index in [4.69, 9.17) is 17.3 Å². The molecule has 2 aromatic carbocycles. The standard InChI is InChI=1S/C22H26ClN3O2.ClH/c23-19-9-5-4-8-18(19)22(28)26-20(15-6-2-1-3-7-15)14-21(27)25-17-12-10-16(24)11-13-17;/h1-9,16-17,20H,10-14,24H2,(H,25,27)(H,26,28);1H. The van der Waals surface area contributed by atoms with Crippen LogP contribution >= 0.6 is 24.0 Å². The first-order chi connectivity index (χ1) is 13.5. The van der Waals surface area contributed by atoms with Crippen molar-refractivity contribution in [2.24, 2.45) is 5.73 Å². The molecule has 0 saturated heterocycles. The van der Waals surface area contributed by atoms with Crippen LogP contribution in [0.15, 0.2) is 54.6 Å². The number of carbonyl (C=O) groups is 2. The van der Waals surface area contributed by atoms with Gasteiger partial charge in [0.1, 0.15) is 0 Å². The third-order valence-electron chi connectivity index (χ3n) is 5.15. The number of benzene rings is 2. The molecule has 1 aliphatic rings. The fourth-order valence-corrected chi connectivity index (χ4v) is 3.78. The highest BCUT2D eigenvalue weighted by Crippen LogP contribution is 2.21. The fourth-order valence-electron chi connectivity index (χ4n) is 3.55. The van der Waals surface area contributed by atoms with Crippen molar-refractivity contribution < 1.29 is 9.59 Å². The Labute approximate surface area is 182 Å². The lowest BCUT2D eigenvalue weighted by atomic mass is 9.91. The van der Waals surface area contributed by atoms with Gasteiger partial charge in [0.05, 0.1) is 23.0 Å². The Morgan fingerprint density at radius 3 is 2.28 bits per heavy atom. The normalized spacial score (nSPS) is 19.5. The summed E-state index contributed by atoms with van der Waals surface area (Å²) >= 11 is 6.14. The summed E-state index contributed by atoms with van der Waals surface area (Å²) in [5.41, 5.74) is 7.21. The summed E-state index contributed by atoms with van der Waals surface area (Å²) in [4.78, 5) is 25.4. The predicted molar refractivity (Wildman–Crippen MR) is 118 cm³/mol. The Morgan fingerprint density at radius 1 is 1.00 bits per heavy atom. The second-order valence-electron chi connectivity index (χ2n) is 7.30. The molecule has 156 valence electrons. The molecular formula is C22H27Cl2N3O2. The van der Waals surface area contributed by atoms with Crippen LogP contribution in [0.5, 0.6) is 0 Å². The van der Waals surface area contributed by atoms with Crippen LogP contribution in [-0.4, -0.2) is 23.9 Å². The van der Waals surface area contributed by atoms with Gasteiger partial charge in [-0.2, -0.15) is 0 Å². The number of rotatable bonds is 6. The first-order valence-corrected chi connectivity index (χ1v) is 10.1. The Hall–Kier alpha value is -2.08. The molecule has 1 unspecified atom stereocenters. The summed E-state index contributed by atoms with van der Waals surface area (Å²) in [5.74, 6) is -0.371. The highest BCUT2D eigenvalue weighted by molar-refractivity contribution is 6.33. The van der Waals surface area contributed by atoms with Gasteiger partial charge in [-0.1, -0.05) is 54.1 Å². The van der Waals surface area contributed by atoms with Crippen molar-refractivity contribution in [3.63, 3.8) is 0 Å². The van der Waals surface area contributed by atoms with Crippen molar-refractivity contribution in [3.05, 3.63) is 70.7 Å². The smallest absolute Gasteiger partial charge is 0.253 e. The molecule has 4 N–H and O–H groups in total. The van der Waals surface area contributed by atoms with Gasteiger partial charge in [0, 0.05) is 12.1 Å². The molecule has 0 radical (unpaired) electrons. The van der Waals surface area contributed by atoms with Crippen LogP contribution in [0.3, 0.4) is 0 Å². The number of hydrogen-bond acceptors (Lipinski definition) is 3. The summed E-state index contributed by atoms with van der Waals surface area (Å²) in [6.45, 7) is 0. The topological polar surface area (TPSA) is 84.2 Å². The van der Waals surface area contributed by atoms with Crippen molar-refractivity contribution in [1.82, 2.24) is 10.6 Å². The second kappa shape index (κ2) is 11.2. The van der Waals surface area contributed by atoms with E-state index in [0.717, 1.165) is 31.2 Å². The molecular weight excluding hydrogens is 409 g/mol. The Morgan fingerprint density at radius 2 is 1.62 bits per heavy atom. The largest absolute Gasteiger partial charge is 0.353 e. The van der Waals surface area contributed by atoms with Crippen molar-refractivity contribution in [3.8, 4) is 0 Å². The molecule has 2 aromatic rings. The molecule has 1 fully saturated rings. The first-order valence-electron chi connectivity index (χ1n) is 9.68. The van der Waals surface area contributed by atoms with Gasteiger partial charge in [-0.3, -0.25) is 9.59 Å². The van der Waals surface area contributed by atoms with Crippen LogP contribution in [-0.2, 0) is 4.79 Å². The number of halogens is 2. The van der Waals surface area contributed by atoms with E-state index in [-0.39, 0.29) is 42.7 Å². The molecule has 1 atom stereocenters. The van der Waals surface area contributed by atoms with Gasteiger partial charge in [-0.15, -0.1) is 12.4 Å². The van der Waals surface area contributed by atoms with Crippen LogP contribution in [0.4, 0.5) is 0 Å². The third-order valence-corrected chi connectivity index (χ3v) is 5.48. The summed E-state index contributed by atoms with van der Waals surface area (Å²) < 4.78 is 0.